The Morgan fingerprint density at radius 2 is 2.09 bits per heavy atom. The Morgan fingerprint density at radius 3 is 2.82 bits per heavy atom. The number of methoxy groups -OCH3 is 1. The van der Waals surface area contributed by atoms with Gasteiger partial charge in [0.15, 0.2) is 0 Å². The van der Waals surface area contributed by atoms with Gasteiger partial charge in [-0.1, -0.05) is 0 Å². The second kappa shape index (κ2) is 6.55. The van der Waals surface area contributed by atoms with E-state index in [-0.39, 0.29) is 5.56 Å². The summed E-state index contributed by atoms with van der Waals surface area (Å²) in [4.78, 5) is 26.6. The second-order valence-corrected chi connectivity index (χ2v) is 5.40. The van der Waals surface area contributed by atoms with Crippen molar-refractivity contribution in [2.75, 3.05) is 25.1 Å². The maximum atomic E-state index is 11.7. The Labute approximate surface area is 128 Å². The Hall–Kier alpha value is -2.44. The molecule has 0 bridgehead atoms. The Kier molecular flexibility index (Phi) is 4.32. The number of nitrogens with zero attached hydrogens (tertiary/aromatic N) is 5. The molecule has 116 valence electrons. The summed E-state index contributed by atoms with van der Waals surface area (Å²) in [5.41, 5.74) is 0.00792. The van der Waals surface area contributed by atoms with E-state index in [4.69, 9.17) is 4.74 Å². The molecule has 0 spiro atoms. The molecule has 0 aromatic carbocycles. The van der Waals surface area contributed by atoms with Gasteiger partial charge in [-0.15, -0.1) is 0 Å². The van der Waals surface area contributed by atoms with Crippen LogP contribution in [0.25, 0.3) is 0 Å². The lowest BCUT2D eigenvalue weighted by Gasteiger charge is -2.32. The van der Waals surface area contributed by atoms with E-state index in [0.717, 1.165) is 32.5 Å². The van der Waals surface area contributed by atoms with Crippen LogP contribution in [0.3, 0.4) is 0 Å². The first-order valence-corrected chi connectivity index (χ1v) is 7.38. The molecule has 1 saturated heterocycles. The molecule has 2 aromatic rings. The Balaban J connectivity index is 1.60. The van der Waals surface area contributed by atoms with Crippen molar-refractivity contribution in [1.82, 2.24) is 19.5 Å². The van der Waals surface area contributed by atoms with Crippen LogP contribution < -0.4 is 15.2 Å². The van der Waals surface area contributed by atoms with Gasteiger partial charge in [0.2, 0.25) is 11.8 Å². The average Bonchev–Trinajstić information content (AvgIpc) is 2.58. The number of hydrogen-bond donors (Lipinski definition) is 0. The fourth-order valence-electron chi connectivity index (χ4n) is 2.71. The molecule has 0 unspecified atom stereocenters. The minimum absolute atomic E-state index is 0.00792. The summed E-state index contributed by atoms with van der Waals surface area (Å²) < 4.78 is 6.82. The van der Waals surface area contributed by atoms with E-state index in [2.05, 4.69) is 19.9 Å². The predicted octanol–water partition coefficient (Wildman–Crippen LogP) is 0.958. The molecule has 7 heteroatoms. The predicted molar refractivity (Wildman–Crippen MR) is 82.0 cm³/mol. The third-order valence-corrected chi connectivity index (χ3v) is 3.97. The number of anilines is 1. The maximum Gasteiger partial charge on any atom is 0.253 e. The minimum atomic E-state index is 0.00792. The van der Waals surface area contributed by atoms with Crippen molar-refractivity contribution in [2.24, 2.45) is 5.92 Å². The van der Waals surface area contributed by atoms with E-state index in [9.17, 15) is 4.79 Å². The molecule has 0 amide bonds. The molecule has 22 heavy (non-hydrogen) atoms. The molecular weight excluding hydrogens is 282 g/mol. The monoisotopic (exact) mass is 301 g/mol. The molecule has 0 radical (unpaired) electrons. The fraction of sp³-hybridized carbons (Fsp3) is 0.467. The van der Waals surface area contributed by atoms with Crippen LogP contribution in [-0.2, 0) is 6.54 Å². The van der Waals surface area contributed by atoms with Crippen molar-refractivity contribution in [3.63, 3.8) is 0 Å². The maximum absolute atomic E-state index is 11.7. The summed E-state index contributed by atoms with van der Waals surface area (Å²) in [5.74, 6) is 1.76. The molecular formula is C15H19N5O2. The highest BCUT2D eigenvalue weighted by atomic mass is 16.5. The summed E-state index contributed by atoms with van der Waals surface area (Å²) in [6.07, 6.45) is 6.85. The molecule has 2 aromatic heterocycles. The molecule has 1 aliphatic rings. The van der Waals surface area contributed by atoms with Crippen LogP contribution >= 0.6 is 0 Å². The van der Waals surface area contributed by atoms with Gasteiger partial charge in [0.25, 0.3) is 5.56 Å². The van der Waals surface area contributed by atoms with Crippen molar-refractivity contribution in [3.8, 4) is 5.88 Å². The van der Waals surface area contributed by atoms with E-state index < -0.39 is 0 Å². The summed E-state index contributed by atoms with van der Waals surface area (Å²) in [5, 5.41) is 0. The number of aromatic nitrogens is 4. The van der Waals surface area contributed by atoms with Gasteiger partial charge >= 0.3 is 0 Å². The van der Waals surface area contributed by atoms with Crippen LogP contribution in [0.1, 0.15) is 12.8 Å². The van der Waals surface area contributed by atoms with Crippen LogP contribution in [0.4, 0.5) is 5.95 Å². The number of ether oxygens (including phenoxy) is 1. The van der Waals surface area contributed by atoms with Gasteiger partial charge in [-0.25, -0.2) is 9.97 Å². The zero-order valence-corrected chi connectivity index (χ0v) is 12.6. The lowest BCUT2D eigenvalue weighted by Crippen LogP contribution is -2.37. The second-order valence-electron chi connectivity index (χ2n) is 5.40. The smallest absolute Gasteiger partial charge is 0.253 e. The highest BCUT2D eigenvalue weighted by Crippen LogP contribution is 2.22. The third-order valence-electron chi connectivity index (χ3n) is 3.97. The zero-order chi connectivity index (χ0) is 15.4. The standard InChI is InChI=1S/C15H19N5O2/c1-22-13-2-7-17-15(18-13)19-8-4-12(5-9-19)10-20-11-16-6-3-14(20)21/h2-3,6-7,11-12H,4-5,8-10H2,1H3. The first-order valence-electron chi connectivity index (χ1n) is 7.38. The summed E-state index contributed by atoms with van der Waals surface area (Å²) >= 11 is 0. The van der Waals surface area contributed by atoms with E-state index in [1.54, 1.807) is 30.3 Å². The summed E-state index contributed by atoms with van der Waals surface area (Å²) in [6.45, 7) is 2.49. The minimum Gasteiger partial charge on any atom is -0.481 e. The van der Waals surface area contributed by atoms with Crippen molar-refractivity contribution in [2.45, 2.75) is 19.4 Å². The Bertz CT molecular complexity index is 679. The molecule has 0 N–H and O–H groups in total. The molecule has 0 saturated carbocycles. The first kappa shape index (κ1) is 14.5. The highest BCUT2D eigenvalue weighted by molar-refractivity contribution is 5.32. The Morgan fingerprint density at radius 1 is 1.27 bits per heavy atom. The van der Waals surface area contributed by atoms with Crippen LogP contribution in [0, 0.1) is 5.92 Å². The average molecular weight is 301 g/mol. The molecule has 7 nitrogen and oxygen atoms in total. The lowest BCUT2D eigenvalue weighted by molar-refractivity contribution is 0.347. The summed E-state index contributed by atoms with van der Waals surface area (Å²) in [7, 11) is 1.60. The molecule has 3 rings (SSSR count). The molecule has 3 heterocycles. The van der Waals surface area contributed by atoms with Gasteiger partial charge in [0.1, 0.15) is 0 Å². The fourth-order valence-corrected chi connectivity index (χ4v) is 2.71. The first-order chi connectivity index (χ1) is 10.8. The molecule has 0 atom stereocenters. The zero-order valence-electron chi connectivity index (χ0n) is 12.6. The summed E-state index contributed by atoms with van der Waals surface area (Å²) in [6, 6.07) is 3.24. The van der Waals surface area contributed by atoms with Crippen LogP contribution in [-0.4, -0.2) is 39.7 Å². The van der Waals surface area contributed by atoms with E-state index >= 15 is 0 Å². The van der Waals surface area contributed by atoms with Crippen LogP contribution in [0.5, 0.6) is 5.88 Å². The molecule has 1 fully saturated rings. The normalized spacial score (nSPS) is 15.8. The van der Waals surface area contributed by atoms with Crippen molar-refractivity contribution in [3.05, 3.63) is 41.2 Å². The molecule has 1 aliphatic heterocycles. The van der Waals surface area contributed by atoms with Crippen molar-refractivity contribution in [1.29, 1.82) is 0 Å². The molecule has 0 aliphatic carbocycles. The van der Waals surface area contributed by atoms with E-state index in [1.165, 1.54) is 12.3 Å². The van der Waals surface area contributed by atoms with E-state index in [1.807, 2.05) is 0 Å². The number of piperidine rings is 1. The van der Waals surface area contributed by atoms with Crippen LogP contribution in [0.2, 0.25) is 0 Å². The lowest BCUT2D eigenvalue weighted by atomic mass is 9.97. The number of hydrogen-bond acceptors (Lipinski definition) is 6. The van der Waals surface area contributed by atoms with Gasteiger partial charge in [-0.2, -0.15) is 4.98 Å². The van der Waals surface area contributed by atoms with Gasteiger partial charge in [-0.05, 0) is 18.8 Å². The van der Waals surface area contributed by atoms with Gasteiger partial charge in [0.05, 0.1) is 13.4 Å². The van der Waals surface area contributed by atoms with E-state index in [0.29, 0.717) is 17.7 Å². The van der Waals surface area contributed by atoms with Gasteiger partial charge in [-0.3, -0.25) is 9.36 Å². The topological polar surface area (TPSA) is 73.1 Å². The van der Waals surface area contributed by atoms with Gasteiger partial charge < -0.3 is 9.64 Å². The van der Waals surface area contributed by atoms with Gasteiger partial charge in [0, 0.05) is 44.2 Å². The van der Waals surface area contributed by atoms with Crippen molar-refractivity contribution < 1.29 is 4.74 Å². The van der Waals surface area contributed by atoms with Crippen molar-refractivity contribution >= 4 is 5.95 Å². The number of rotatable bonds is 4. The largest absolute Gasteiger partial charge is 0.481 e. The van der Waals surface area contributed by atoms with Crippen LogP contribution in [0.15, 0.2) is 35.6 Å². The quantitative estimate of drug-likeness (QED) is 0.837. The highest BCUT2D eigenvalue weighted by Gasteiger charge is 2.21. The SMILES string of the molecule is COc1ccnc(N2CCC(Cn3cnccc3=O)CC2)n1. The third kappa shape index (κ3) is 3.24.